The number of hydrogen-bond donors (Lipinski definition) is 6. The summed E-state index contributed by atoms with van der Waals surface area (Å²) in [6.07, 6.45) is 84.8. The number of nitrogens with one attached hydrogen (secondary N) is 1. The molecule has 0 spiro atoms. The number of unbranched alkanes of at least 4 members (excludes halogenated alkanes) is 59. The Morgan fingerprint density at radius 3 is 0.955 bits per heavy atom. The molecule has 6 N–H and O–H groups in total. The lowest BCUT2D eigenvalue weighted by atomic mass is 9.99. The molecule has 9 heteroatoms. The Hall–Kier alpha value is -1.33. The fourth-order valence-corrected chi connectivity index (χ4v) is 13.1. The smallest absolute Gasteiger partial charge is 0.220 e. The van der Waals surface area contributed by atoms with Crippen molar-refractivity contribution in [2.45, 2.75) is 461 Å². The number of amides is 1. The maximum Gasteiger partial charge on any atom is 0.220 e. The van der Waals surface area contributed by atoms with Gasteiger partial charge >= 0.3 is 0 Å². The van der Waals surface area contributed by atoms with Crippen LogP contribution in [-0.2, 0) is 14.3 Å². The molecule has 7 atom stereocenters. The molecule has 0 aromatic heterocycles. The van der Waals surface area contributed by atoms with Crippen LogP contribution in [0.25, 0.3) is 0 Å². The Labute approximate surface area is 547 Å². The molecule has 1 saturated heterocycles. The van der Waals surface area contributed by atoms with E-state index < -0.39 is 49.5 Å². The van der Waals surface area contributed by atoms with E-state index in [0.29, 0.717) is 6.42 Å². The third-order valence-corrected chi connectivity index (χ3v) is 19.3. The predicted molar refractivity (Wildman–Crippen MR) is 378 cm³/mol. The van der Waals surface area contributed by atoms with Crippen molar-refractivity contribution in [3.63, 3.8) is 0 Å². The van der Waals surface area contributed by atoms with E-state index in [1.165, 1.54) is 360 Å². The topological polar surface area (TPSA) is 149 Å². The average molecular weight is 1250 g/mol. The molecule has 1 amide bonds. The van der Waals surface area contributed by atoms with Crippen LogP contribution in [0.1, 0.15) is 418 Å². The standard InChI is InChI=1S/C79H153NO8/c1-3-5-7-9-11-13-15-17-19-21-23-25-27-29-31-32-33-34-35-36-37-38-39-40-41-43-45-47-49-51-53-55-57-59-61-63-65-67-69-75(83)80-72(71-87-79-78(86)77(85)76(84)74(70-81)88-79)73(82)68-66-64-62-60-58-56-54-52-50-48-46-44-42-30-28-26-24-22-20-18-16-14-12-10-8-6-4-2/h58,60,66,68,72-74,76-79,81-82,84-86H,3-57,59,61-65,67,69-71H2,1-2H3,(H,80,83)/b60-58+,68-66+. The largest absolute Gasteiger partial charge is 0.394 e. The summed E-state index contributed by atoms with van der Waals surface area (Å²) < 4.78 is 11.3. The summed E-state index contributed by atoms with van der Waals surface area (Å²) in [6, 6.07) is -0.821. The van der Waals surface area contributed by atoms with Crippen molar-refractivity contribution in [1.82, 2.24) is 5.32 Å². The van der Waals surface area contributed by atoms with Crippen molar-refractivity contribution in [2.24, 2.45) is 0 Å². The van der Waals surface area contributed by atoms with Crippen molar-refractivity contribution >= 4 is 5.91 Å². The van der Waals surface area contributed by atoms with Gasteiger partial charge in [0.1, 0.15) is 24.4 Å². The Balaban J connectivity index is 2.06. The van der Waals surface area contributed by atoms with Crippen LogP contribution in [0.2, 0.25) is 0 Å². The summed E-state index contributed by atoms with van der Waals surface area (Å²) in [5.74, 6) is -0.176. The second-order valence-corrected chi connectivity index (χ2v) is 27.9. The van der Waals surface area contributed by atoms with Crippen LogP contribution in [0, 0.1) is 0 Å². The van der Waals surface area contributed by atoms with Gasteiger partial charge in [-0.25, -0.2) is 0 Å². The van der Waals surface area contributed by atoms with Crippen molar-refractivity contribution in [2.75, 3.05) is 13.2 Å². The Morgan fingerprint density at radius 2 is 0.648 bits per heavy atom. The number of aliphatic hydroxyl groups excluding tert-OH is 5. The SMILES string of the molecule is CCCCCCCCCCCCCCCCCCCCCCC/C=C/CC/C=C/C(O)C(COC1OC(CO)C(O)C(O)C1O)NC(=O)CCCCCCCCCCCCCCCCCCCCCCCCCCCCCCCCCCCCCCCC. The molecule has 0 radical (unpaired) electrons. The molecule has 522 valence electrons. The van der Waals surface area contributed by atoms with Gasteiger partial charge in [0.05, 0.1) is 25.4 Å². The number of hydrogen-bond acceptors (Lipinski definition) is 8. The molecule has 7 unspecified atom stereocenters. The van der Waals surface area contributed by atoms with Crippen LogP contribution in [-0.4, -0.2) is 87.5 Å². The van der Waals surface area contributed by atoms with E-state index in [1.54, 1.807) is 6.08 Å². The zero-order valence-electron chi connectivity index (χ0n) is 58.8. The van der Waals surface area contributed by atoms with Gasteiger partial charge in [-0.3, -0.25) is 4.79 Å². The second kappa shape index (κ2) is 68.5. The average Bonchev–Trinajstić information content (AvgIpc) is 3.70. The minimum Gasteiger partial charge on any atom is -0.394 e. The van der Waals surface area contributed by atoms with Crippen molar-refractivity contribution < 1.29 is 39.8 Å². The molecule has 0 aliphatic carbocycles. The van der Waals surface area contributed by atoms with E-state index in [4.69, 9.17) is 9.47 Å². The number of allylic oxidation sites excluding steroid dienone is 3. The summed E-state index contributed by atoms with van der Waals surface area (Å²) in [7, 11) is 0. The highest BCUT2D eigenvalue weighted by molar-refractivity contribution is 5.76. The third kappa shape index (κ3) is 56.2. The number of rotatable bonds is 71. The number of aliphatic hydroxyl groups is 5. The monoisotopic (exact) mass is 1240 g/mol. The summed E-state index contributed by atoms with van der Waals surface area (Å²) in [6.45, 7) is 3.84. The normalized spacial score (nSPS) is 17.9. The van der Waals surface area contributed by atoms with Crippen LogP contribution >= 0.6 is 0 Å². The molecule has 1 heterocycles. The van der Waals surface area contributed by atoms with Gasteiger partial charge in [0.2, 0.25) is 5.91 Å². The zero-order chi connectivity index (χ0) is 63.5. The van der Waals surface area contributed by atoms with Crippen LogP contribution in [0.3, 0.4) is 0 Å². The zero-order valence-corrected chi connectivity index (χ0v) is 58.8. The Bertz CT molecular complexity index is 1440. The highest BCUT2D eigenvalue weighted by atomic mass is 16.7. The minimum atomic E-state index is -1.57. The first-order chi connectivity index (χ1) is 43.3. The quantitative estimate of drug-likeness (QED) is 0.0261. The number of carbonyl (C=O) groups is 1. The first-order valence-electron chi connectivity index (χ1n) is 39.6. The summed E-state index contributed by atoms with van der Waals surface area (Å²) in [5, 5.41) is 54.8. The Morgan fingerprint density at radius 1 is 0.375 bits per heavy atom. The second-order valence-electron chi connectivity index (χ2n) is 27.9. The molecule has 1 rings (SSSR count). The molecule has 1 fully saturated rings. The molecule has 0 saturated carbocycles. The van der Waals surface area contributed by atoms with Crippen LogP contribution in [0.5, 0.6) is 0 Å². The lowest BCUT2D eigenvalue weighted by Gasteiger charge is -2.40. The van der Waals surface area contributed by atoms with Crippen molar-refractivity contribution in [3.8, 4) is 0 Å². The molecule has 0 aromatic carbocycles. The highest BCUT2D eigenvalue weighted by Gasteiger charge is 2.44. The highest BCUT2D eigenvalue weighted by Crippen LogP contribution is 2.24. The summed E-state index contributed by atoms with van der Waals surface area (Å²) in [5.41, 5.74) is 0. The fraction of sp³-hybridized carbons (Fsp3) is 0.937. The van der Waals surface area contributed by atoms with Crippen LogP contribution in [0.4, 0.5) is 0 Å². The lowest BCUT2D eigenvalue weighted by Crippen LogP contribution is -2.60. The van der Waals surface area contributed by atoms with Gasteiger partial charge < -0.3 is 40.3 Å². The number of ether oxygens (including phenoxy) is 2. The maximum atomic E-state index is 13.2. The third-order valence-electron chi connectivity index (χ3n) is 19.3. The van der Waals surface area contributed by atoms with Crippen LogP contribution in [0.15, 0.2) is 24.3 Å². The van der Waals surface area contributed by atoms with Crippen LogP contribution < -0.4 is 5.32 Å². The Kier molecular flexibility index (Phi) is 65.9. The summed E-state index contributed by atoms with van der Waals surface area (Å²) >= 11 is 0. The minimum absolute atomic E-state index is 0.176. The lowest BCUT2D eigenvalue weighted by molar-refractivity contribution is -0.302. The van der Waals surface area contributed by atoms with Gasteiger partial charge in [-0.05, 0) is 32.1 Å². The van der Waals surface area contributed by atoms with Gasteiger partial charge in [-0.2, -0.15) is 0 Å². The van der Waals surface area contributed by atoms with Crippen molar-refractivity contribution in [3.05, 3.63) is 24.3 Å². The van der Waals surface area contributed by atoms with Gasteiger partial charge in [-0.15, -0.1) is 0 Å². The fourth-order valence-electron chi connectivity index (χ4n) is 13.1. The van der Waals surface area contributed by atoms with Gasteiger partial charge in [-0.1, -0.05) is 404 Å². The molecular formula is C79H153NO8. The molecule has 9 nitrogen and oxygen atoms in total. The summed E-state index contributed by atoms with van der Waals surface area (Å²) in [4.78, 5) is 13.2. The molecule has 88 heavy (non-hydrogen) atoms. The van der Waals surface area contributed by atoms with E-state index in [0.717, 1.165) is 38.5 Å². The first-order valence-corrected chi connectivity index (χ1v) is 39.6. The number of carbonyl (C=O) groups excluding carboxylic acids is 1. The molecule has 1 aliphatic rings. The molecular weight excluding hydrogens is 1090 g/mol. The van der Waals surface area contributed by atoms with E-state index in [1.807, 2.05) is 6.08 Å². The molecule has 0 aromatic rings. The van der Waals surface area contributed by atoms with Gasteiger partial charge in [0.15, 0.2) is 6.29 Å². The van der Waals surface area contributed by atoms with E-state index in [2.05, 4.69) is 31.3 Å². The molecule has 0 bridgehead atoms. The van der Waals surface area contributed by atoms with Crippen molar-refractivity contribution in [1.29, 1.82) is 0 Å². The van der Waals surface area contributed by atoms with E-state index >= 15 is 0 Å². The maximum absolute atomic E-state index is 13.2. The molecule has 1 aliphatic heterocycles. The predicted octanol–water partition coefficient (Wildman–Crippen LogP) is 22.4. The first kappa shape index (κ1) is 84.7. The van der Waals surface area contributed by atoms with Gasteiger partial charge in [0, 0.05) is 6.42 Å². The van der Waals surface area contributed by atoms with E-state index in [9.17, 15) is 30.3 Å². The van der Waals surface area contributed by atoms with Gasteiger partial charge in [0.25, 0.3) is 0 Å². The van der Waals surface area contributed by atoms with E-state index in [-0.39, 0.29) is 12.5 Å².